The lowest BCUT2D eigenvalue weighted by Gasteiger charge is -2.26. The summed E-state index contributed by atoms with van der Waals surface area (Å²) in [6.45, 7) is 13.5. The van der Waals surface area contributed by atoms with Gasteiger partial charge in [0.1, 0.15) is 11.4 Å². The zero-order valence-electron chi connectivity index (χ0n) is 27.0. The molecule has 0 aliphatic rings. The van der Waals surface area contributed by atoms with Crippen LogP contribution in [0, 0.1) is 6.92 Å². The molecule has 0 unspecified atom stereocenters. The number of nitrogens with zero attached hydrogens (tertiary/aromatic N) is 3. The molecule has 0 spiro atoms. The van der Waals surface area contributed by atoms with Gasteiger partial charge in [-0.3, -0.25) is 4.79 Å². The van der Waals surface area contributed by atoms with Crippen molar-refractivity contribution in [2.45, 2.75) is 73.1 Å². The Balaban J connectivity index is 1.74. The van der Waals surface area contributed by atoms with Gasteiger partial charge in [-0.1, -0.05) is 42.5 Å². The fourth-order valence-electron chi connectivity index (χ4n) is 4.74. The first-order valence-electron chi connectivity index (χ1n) is 15.1. The van der Waals surface area contributed by atoms with Gasteiger partial charge in [0.05, 0.1) is 42.6 Å². The standard InChI is InChI=1S/C36H41N3O6/c1-8-43-34(41)19-16-29-28-21-27(15-18-30(28)39(37-29)35(42)45-36(5,6)7)22-33(40)38(23-26-12-10-9-11-13-26)31-17-14-25(4)20-32(31)44-24(2)3/h9-21,24H,8,22-23H2,1-7H3. The normalized spacial score (nSPS) is 11.6. The van der Waals surface area contributed by atoms with E-state index in [4.69, 9.17) is 14.2 Å². The fraction of sp³-hybridized carbons (Fsp3) is 0.333. The molecule has 4 rings (SSSR count). The average Bonchev–Trinajstić information content (AvgIpc) is 3.33. The van der Waals surface area contributed by atoms with E-state index >= 15 is 0 Å². The zero-order chi connectivity index (χ0) is 32.7. The maximum Gasteiger partial charge on any atom is 0.435 e. The fourth-order valence-corrected chi connectivity index (χ4v) is 4.74. The maximum atomic E-state index is 14.1. The second-order valence-electron chi connectivity index (χ2n) is 12.0. The van der Waals surface area contributed by atoms with E-state index in [9.17, 15) is 14.4 Å². The van der Waals surface area contributed by atoms with Crippen molar-refractivity contribution in [3.63, 3.8) is 0 Å². The van der Waals surface area contributed by atoms with Gasteiger partial charge in [0.25, 0.3) is 0 Å². The van der Waals surface area contributed by atoms with Crippen LogP contribution >= 0.6 is 0 Å². The molecule has 9 nitrogen and oxygen atoms in total. The minimum absolute atomic E-state index is 0.0659. The number of carbonyl (C=O) groups excluding carboxylic acids is 3. The van der Waals surface area contributed by atoms with Gasteiger partial charge in [-0.05, 0) is 95.5 Å². The Bertz CT molecular complexity index is 1700. The predicted octanol–water partition coefficient (Wildman–Crippen LogP) is 7.27. The summed E-state index contributed by atoms with van der Waals surface area (Å²) in [5, 5.41) is 5.03. The van der Waals surface area contributed by atoms with Crippen LogP contribution in [0.1, 0.15) is 63.9 Å². The van der Waals surface area contributed by atoms with Gasteiger partial charge in [-0.2, -0.15) is 9.78 Å². The van der Waals surface area contributed by atoms with Crippen LogP contribution in [0.5, 0.6) is 5.75 Å². The predicted molar refractivity (Wildman–Crippen MR) is 175 cm³/mol. The summed E-state index contributed by atoms with van der Waals surface area (Å²) in [5.74, 6) is -0.0357. The lowest BCUT2D eigenvalue weighted by atomic mass is 10.1. The number of rotatable bonds is 10. The summed E-state index contributed by atoms with van der Waals surface area (Å²) in [5.41, 5.74) is 3.50. The molecule has 1 amide bonds. The molecule has 45 heavy (non-hydrogen) atoms. The van der Waals surface area contributed by atoms with E-state index in [-0.39, 0.29) is 25.0 Å². The van der Waals surface area contributed by atoms with Crippen molar-refractivity contribution in [3.05, 3.63) is 95.2 Å². The minimum Gasteiger partial charge on any atom is -0.489 e. The SMILES string of the molecule is CCOC(=O)C=Cc1nn(C(=O)OC(C)(C)C)c2ccc(CC(=O)N(Cc3ccccc3)c3ccc(C)cc3OC(C)C)cc12. The van der Waals surface area contributed by atoms with Crippen molar-refractivity contribution in [1.82, 2.24) is 9.78 Å². The molecule has 0 atom stereocenters. The molecule has 3 aromatic carbocycles. The molecular formula is C36H41N3O6. The van der Waals surface area contributed by atoms with E-state index in [1.165, 1.54) is 16.8 Å². The third kappa shape index (κ3) is 8.81. The van der Waals surface area contributed by atoms with Crippen LogP contribution in [-0.4, -0.2) is 46.1 Å². The number of amides is 1. The highest BCUT2D eigenvalue weighted by atomic mass is 16.6. The number of aromatic nitrogens is 2. The molecule has 0 saturated heterocycles. The van der Waals surface area contributed by atoms with Gasteiger partial charge in [0, 0.05) is 11.5 Å². The van der Waals surface area contributed by atoms with E-state index in [1.54, 1.807) is 44.7 Å². The smallest absolute Gasteiger partial charge is 0.435 e. The van der Waals surface area contributed by atoms with Crippen molar-refractivity contribution < 1.29 is 28.6 Å². The van der Waals surface area contributed by atoms with Crippen LogP contribution in [0.3, 0.4) is 0 Å². The van der Waals surface area contributed by atoms with E-state index in [2.05, 4.69) is 5.10 Å². The summed E-state index contributed by atoms with van der Waals surface area (Å²) < 4.78 is 17.9. The third-order valence-corrected chi connectivity index (χ3v) is 6.61. The first-order chi connectivity index (χ1) is 21.3. The molecule has 0 radical (unpaired) electrons. The number of fused-ring (bicyclic) bond motifs is 1. The Morgan fingerprint density at radius 3 is 2.38 bits per heavy atom. The number of anilines is 1. The number of hydrogen-bond acceptors (Lipinski definition) is 7. The number of benzene rings is 3. The zero-order valence-corrected chi connectivity index (χ0v) is 27.0. The summed E-state index contributed by atoms with van der Waals surface area (Å²) in [6.07, 6.45) is 2.09. The van der Waals surface area contributed by atoms with Crippen molar-refractivity contribution in [3.8, 4) is 5.75 Å². The molecule has 0 bridgehead atoms. The van der Waals surface area contributed by atoms with Crippen molar-refractivity contribution in [1.29, 1.82) is 0 Å². The molecule has 1 aromatic heterocycles. The molecule has 0 saturated carbocycles. The molecule has 0 aliphatic carbocycles. The Morgan fingerprint density at radius 1 is 0.978 bits per heavy atom. The lowest BCUT2D eigenvalue weighted by Crippen LogP contribution is -2.32. The van der Waals surface area contributed by atoms with Crippen LogP contribution in [0.15, 0.2) is 72.8 Å². The highest BCUT2D eigenvalue weighted by Crippen LogP contribution is 2.33. The van der Waals surface area contributed by atoms with E-state index in [1.807, 2.05) is 75.4 Å². The number of hydrogen-bond donors (Lipinski definition) is 0. The largest absolute Gasteiger partial charge is 0.489 e. The Morgan fingerprint density at radius 2 is 1.71 bits per heavy atom. The Kier molecular flexibility index (Phi) is 10.4. The van der Waals surface area contributed by atoms with Gasteiger partial charge >= 0.3 is 12.1 Å². The molecule has 0 aliphatic heterocycles. The average molecular weight is 612 g/mol. The third-order valence-electron chi connectivity index (χ3n) is 6.61. The van der Waals surface area contributed by atoms with Crippen molar-refractivity contribution in [2.75, 3.05) is 11.5 Å². The topological polar surface area (TPSA) is 100.0 Å². The van der Waals surface area contributed by atoms with Crippen LogP contribution in [-0.2, 0) is 32.0 Å². The number of carbonyl (C=O) groups is 3. The van der Waals surface area contributed by atoms with E-state index in [0.29, 0.717) is 40.1 Å². The molecule has 1 heterocycles. The van der Waals surface area contributed by atoms with E-state index in [0.717, 1.165) is 11.1 Å². The molecular weight excluding hydrogens is 570 g/mol. The Hall–Kier alpha value is -4.92. The summed E-state index contributed by atoms with van der Waals surface area (Å²) >= 11 is 0. The second-order valence-corrected chi connectivity index (χ2v) is 12.0. The number of ether oxygens (including phenoxy) is 3. The number of aryl methyl sites for hydroxylation is 1. The molecule has 0 N–H and O–H groups in total. The van der Waals surface area contributed by atoms with Gasteiger partial charge in [0.2, 0.25) is 5.91 Å². The minimum atomic E-state index is -0.737. The van der Waals surface area contributed by atoms with Crippen molar-refractivity contribution in [2.24, 2.45) is 0 Å². The highest BCUT2D eigenvalue weighted by Gasteiger charge is 2.24. The quantitative estimate of drug-likeness (QED) is 0.137. The van der Waals surface area contributed by atoms with Gasteiger partial charge in [-0.25, -0.2) is 9.59 Å². The van der Waals surface area contributed by atoms with Crippen LogP contribution in [0.4, 0.5) is 10.5 Å². The second kappa shape index (κ2) is 14.2. The van der Waals surface area contributed by atoms with Crippen LogP contribution in [0.25, 0.3) is 17.0 Å². The number of esters is 1. The lowest BCUT2D eigenvalue weighted by molar-refractivity contribution is -0.137. The molecule has 0 fully saturated rings. The Labute approximate surface area is 264 Å². The van der Waals surface area contributed by atoms with Gasteiger partial charge in [0.15, 0.2) is 0 Å². The molecule has 236 valence electrons. The summed E-state index contributed by atoms with van der Waals surface area (Å²) in [4.78, 5) is 41.0. The first kappa shape index (κ1) is 33.0. The molecule has 9 heteroatoms. The monoisotopic (exact) mass is 611 g/mol. The van der Waals surface area contributed by atoms with Crippen molar-refractivity contribution >= 4 is 40.6 Å². The first-order valence-corrected chi connectivity index (χ1v) is 15.1. The highest BCUT2D eigenvalue weighted by molar-refractivity contribution is 5.99. The molecule has 4 aromatic rings. The van der Waals surface area contributed by atoms with Crippen LogP contribution < -0.4 is 9.64 Å². The summed E-state index contributed by atoms with van der Waals surface area (Å²) in [6, 6.07) is 21.0. The van der Waals surface area contributed by atoms with Gasteiger partial charge < -0.3 is 19.1 Å². The van der Waals surface area contributed by atoms with Gasteiger partial charge in [-0.15, -0.1) is 0 Å². The maximum absolute atomic E-state index is 14.1. The van der Waals surface area contributed by atoms with Crippen LogP contribution in [0.2, 0.25) is 0 Å². The van der Waals surface area contributed by atoms with E-state index < -0.39 is 17.7 Å². The summed E-state index contributed by atoms with van der Waals surface area (Å²) in [7, 11) is 0.